The molecule has 0 aliphatic rings. The average Bonchev–Trinajstić information content (AvgIpc) is 2.63. The Kier molecular flexibility index (Phi) is 6.67. The summed E-state index contributed by atoms with van der Waals surface area (Å²) < 4.78 is 9.53. The molecule has 1 heterocycles. The molecule has 2 aromatic rings. The van der Waals surface area contributed by atoms with E-state index in [2.05, 4.69) is 25.3 Å². The molecule has 0 unspecified atom stereocenters. The summed E-state index contributed by atoms with van der Waals surface area (Å²) in [5, 5.41) is 5.95. The molecule has 0 bridgehead atoms. The van der Waals surface area contributed by atoms with Gasteiger partial charge in [-0.05, 0) is 18.2 Å². The van der Waals surface area contributed by atoms with Crippen molar-refractivity contribution in [2.45, 2.75) is 0 Å². The van der Waals surface area contributed by atoms with Crippen LogP contribution in [0.5, 0.6) is 0 Å². The summed E-state index contributed by atoms with van der Waals surface area (Å²) in [5.41, 5.74) is 1.10. The Hall–Kier alpha value is -2.71. The van der Waals surface area contributed by atoms with Crippen LogP contribution >= 0.6 is 11.6 Å². The third-order valence-electron chi connectivity index (χ3n) is 3.14. The van der Waals surface area contributed by atoms with Crippen LogP contribution in [0.2, 0.25) is 5.02 Å². The summed E-state index contributed by atoms with van der Waals surface area (Å²) in [7, 11) is 2.85. The molecule has 0 saturated heterocycles. The summed E-state index contributed by atoms with van der Waals surface area (Å²) >= 11 is 6.10. The smallest absolute Gasteiger partial charge is 0.337 e. The standard InChI is InChI=1S/C16H17ClN4O4/c1-24-6-5-18-14(22)11-8-19-16(20-9-11)21-13-7-10(15(23)25-2)3-4-12(13)17/h3-4,7-9H,5-6H2,1-2H3,(H,18,22)(H,19,20,21). The number of benzene rings is 1. The van der Waals surface area contributed by atoms with Crippen molar-refractivity contribution < 1.29 is 19.1 Å². The van der Waals surface area contributed by atoms with Crippen molar-refractivity contribution in [1.82, 2.24) is 15.3 Å². The molecule has 132 valence electrons. The lowest BCUT2D eigenvalue weighted by molar-refractivity contribution is 0.0600. The van der Waals surface area contributed by atoms with E-state index in [1.165, 1.54) is 25.6 Å². The Morgan fingerprint density at radius 3 is 2.52 bits per heavy atom. The number of rotatable bonds is 7. The number of carbonyl (C=O) groups excluding carboxylic acids is 2. The van der Waals surface area contributed by atoms with Gasteiger partial charge < -0.3 is 20.1 Å². The van der Waals surface area contributed by atoms with Gasteiger partial charge >= 0.3 is 5.97 Å². The van der Waals surface area contributed by atoms with Gasteiger partial charge in [-0.15, -0.1) is 0 Å². The molecular formula is C16H17ClN4O4. The van der Waals surface area contributed by atoms with Crippen LogP contribution in [-0.4, -0.2) is 49.2 Å². The van der Waals surface area contributed by atoms with Crippen LogP contribution in [0.1, 0.15) is 20.7 Å². The van der Waals surface area contributed by atoms with Crippen LogP contribution in [0.25, 0.3) is 0 Å². The number of ether oxygens (including phenoxy) is 2. The van der Waals surface area contributed by atoms with E-state index in [1.807, 2.05) is 0 Å². The predicted molar refractivity (Wildman–Crippen MR) is 92.3 cm³/mol. The van der Waals surface area contributed by atoms with E-state index in [-0.39, 0.29) is 11.9 Å². The summed E-state index contributed by atoms with van der Waals surface area (Å²) in [5.74, 6) is -0.546. The van der Waals surface area contributed by atoms with E-state index in [0.29, 0.717) is 35.0 Å². The van der Waals surface area contributed by atoms with Gasteiger partial charge in [0.25, 0.3) is 5.91 Å². The minimum Gasteiger partial charge on any atom is -0.465 e. The fraction of sp³-hybridized carbons (Fsp3) is 0.250. The van der Waals surface area contributed by atoms with Gasteiger partial charge in [0.15, 0.2) is 0 Å². The molecule has 1 amide bonds. The largest absolute Gasteiger partial charge is 0.465 e. The number of carbonyl (C=O) groups is 2. The van der Waals surface area contributed by atoms with Gasteiger partial charge in [-0.1, -0.05) is 11.6 Å². The highest BCUT2D eigenvalue weighted by molar-refractivity contribution is 6.33. The predicted octanol–water partition coefficient (Wildman–Crippen LogP) is 2.04. The Labute approximate surface area is 149 Å². The SMILES string of the molecule is COCCNC(=O)c1cnc(Nc2cc(C(=O)OC)ccc2Cl)nc1. The van der Waals surface area contributed by atoms with Gasteiger partial charge in [-0.25, -0.2) is 14.8 Å². The number of halogens is 1. The summed E-state index contributed by atoms with van der Waals surface area (Å²) in [6, 6.07) is 4.64. The molecule has 0 fully saturated rings. The second-order valence-electron chi connectivity index (χ2n) is 4.86. The molecule has 0 spiro atoms. The zero-order valence-corrected chi connectivity index (χ0v) is 14.5. The first-order chi connectivity index (χ1) is 12.0. The maximum atomic E-state index is 11.9. The monoisotopic (exact) mass is 364 g/mol. The minimum atomic E-state index is -0.483. The number of esters is 1. The molecule has 0 atom stereocenters. The van der Waals surface area contributed by atoms with Crippen molar-refractivity contribution >= 4 is 35.1 Å². The highest BCUT2D eigenvalue weighted by Gasteiger charge is 2.11. The molecule has 0 saturated carbocycles. The zero-order valence-electron chi connectivity index (χ0n) is 13.7. The molecular weight excluding hydrogens is 348 g/mol. The van der Waals surface area contributed by atoms with Crippen molar-refractivity contribution in [1.29, 1.82) is 0 Å². The van der Waals surface area contributed by atoms with Gasteiger partial charge in [-0.3, -0.25) is 4.79 Å². The van der Waals surface area contributed by atoms with Crippen LogP contribution in [-0.2, 0) is 9.47 Å². The maximum absolute atomic E-state index is 11.9. The van der Waals surface area contributed by atoms with Crippen molar-refractivity contribution in [3.63, 3.8) is 0 Å². The van der Waals surface area contributed by atoms with Crippen LogP contribution in [0.4, 0.5) is 11.6 Å². The molecule has 0 radical (unpaired) electrons. The zero-order chi connectivity index (χ0) is 18.2. The lowest BCUT2D eigenvalue weighted by atomic mass is 10.2. The molecule has 2 N–H and O–H groups in total. The van der Waals surface area contributed by atoms with Crippen molar-refractivity contribution in [2.75, 3.05) is 32.7 Å². The first-order valence-electron chi connectivity index (χ1n) is 7.29. The number of nitrogens with zero attached hydrogens (tertiary/aromatic N) is 2. The molecule has 0 aliphatic carbocycles. The van der Waals surface area contributed by atoms with Gasteiger partial charge in [0.1, 0.15) is 0 Å². The third kappa shape index (κ3) is 5.13. The van der Waals surface area contributed by atoms with E-state index >= 15 is 0 Å². The number of methoxy groups -OCH3 is 2. The summed E-state index contributed by atoms with van der Waals surface area (Å²) in [4.78, 5) is 31.6. The first-order valence-corrected chi connectivity index (χ1v) is 7.67. The van der Waals surface area contributed by atoms with E-state index in [9.17, 15) is 9.59 Å². The topological polar surface area (TPSA) is 102 Å². The second kappa shape index (κ2) is 8.95. The number of amides is 1. The highest BCUT2D eigenvalue weighted by Crippen LogP contribution is 2.25. The van der Waals surface area contributed by atoms with Crippen molar-refractivity contribution in [3.05, 3.63) is 46.7 Å². The number of anilines is 2. The third-order valence-corrected chi connectivity index (χ3v) is 3.47. The van der Waals surface area contributed by atoms with Gasteiger partial charge in [0, 0.05) is 26.0 Å². The van der Waals surface area contributed by atoms with Gasteiger partial charge in [0.05, 0.1) is 35.6 Å². The van der Waals surface area contributed by atoms with Crippen LogP contribution in [0, 0.1) is 0 Å². The average molecular weight is 365 g/mol. The van der Waals surface area contributed by atoms with Crippen molar-refractivity contribution in [3.8, 4) is 0 Å². The number of aromatic nitrogens is 2. The van der Waals surface area contributed by atoms with Gasteiger partial charge in [0.2, 0.25) is 5.95 Å². The van der Waals surface area contributed by atoms with Gasteiger partial charge in [-0.2, -0.15) is 0 Å². The Balaban J connectivity index is 2.08. The highest BCUT2D eigenvalue weighted by atomic mass is 35.5. The van der Waals surface area contributed by atoms with E-state index in [0.717, 1.165) is 0 Å². The Morgan fingerprint density at radius 1 is 1.16 bits per heavy atom. The number of nitrogens with one attached hydrogen (secondary N) is 2. The summed E-state index contributed by atoms with van der Waals surface area (Å²) in [6.07, 6.45) is 2.77. The van der Waals surface area contributed by atoms with E-state index < -0.39 is 5.97 Å². The Bertz CT molecular complexity index is 752. The first kappa shape index (κ1) is 18.6. The lowest BCUT2D eigenvalue weighted by Gasteiger charge is -2.09. The van der Waals surface area contributed by atoms with Crippen LogP contribution < -0.4 is 10.6 Å². The number of hydrogen-bond acceptors (Lipinski definition) is 7. The minimum absolute atomic E-state index is 0.234. The Morgan fingerprint density at radius 2 is 1.88 bits per heavy atom. The van der Waals surface area contributed by atoms with E-state index in [4.69, 9.17) is 16.3 Å². The summed E-state index contributed by atoms with van der Waals surface area (Å²) in [6.45, 7) is 0.812. The molecule has 25 heavy (non-hydrogen) atoms. The molecule has 2 rings (SSSR count). The van der Waals surface area contributed by atoms with Crippen LogP contribution in [0.15, 0.2) is 30.6 Å². The lowest BCUT2D eigenvalue weighted by Crippen LogP contribution is -2.27. The molecule has 9 heteroatoms. The van der Waals surface area contributed by atoms with Crippen molar-refractivity contribution in [2.24, 2.45) is 0 Å². The molecule has 0 aliphatic heterocycles. The molecule has 1 aromatic carbocycles. The molecule has 1 aromatic heterocycles. The maximum Gasteiger partial charge on any atom is 0.337 e. The van der Waals surface area contributed by atoms with E-state index in [1.54, 1.807) is 19.2 Å². The fourth-order valence-electron chi connectivity index (χ4n) is 1.86. The van der Waals surface area contributed by atoms with Crippen LogP contribution in [0.3, 0.4) is 0 Å². The number of hydrogen-bond donors (Lipinski definition) is 2. The second-order valence-corrected chi connectivity index (χ2v) is 5.26. The normalized spacial score (nSPS) is 10.2. The fourth-order valence-corrected chi connectivity index (χ4v) is 2.03. The molecule has 8 nitrogen and oxygen atoms in total. The quantitative estimate of drug-likeness (QED) is 0.572.